The highest BCUT2D eigenvalue weighted by atomic mass is 16.5. The SMILES string of the molecule is CCCCCC(C)NC(=NC)NCc1ccccc1N1CCOCC1. The molecule has 1 aromatic rings. The van der Waals surface area contributed by atoms with Gasteiger partial charge < -0.3 is 20.3 Å². The third kappa shape index (κ3) is 6.58. The van der Waals surface area contributed by atoms with Crippen LogP contribution in [0.4, 0.5) is 5.69 Å². The van der Waals surface area contributed by atoms with Gasteiger partial charge in [0.15, 0.2) is 5.96 Å². The van der Waals surface area contributed by atoms with Crippen LogP contribution >= 0.6 is 0 Å². The molecule has 1 fully saturated rings. The van der Waals surface area contributed by atoms with Crippen LogP contribution in [0.2, 0.25) is 0 Å². The van der Waals surface area contributed by atoms with E-state index in [1.54, 1.807) is 0 Å². The summed E-state index contributed by atoms with van der Waals surface area (Å²) in [6, 6.07) is 9.04. The third-order valence-corrected chi connectivity index (χ3v) is 4.64. The fourth-order valence-corrected chi connectivity index (χ4v) is 3.15. The summed E-state index contributed by atoms with van der Waals surface area (Å²) in [7, 11) is 1.84. The summed E-state index contributed by atoms with van der Waals surface area (Å²) in [5.41, 5.74) is 2.59. The molecule has 1 saturated heterocycles. The third-order valence-electron chi connectivity index (χ3n) is 4.64. The van der Waals surface area contributed by atoms with Crippen molar-refractivity contribution in [1.82, 2.24) is 10.6 Å². The maximum atomic E-state index is 5.47. The summed E-state index contributed by atoms with van der Waals surface area (Å²) in [5, 5.41) is 6.97. The molecule has 5 heteroatoms. The van der Waals surface area contributed by atoms with E-state index in [0.29, 0.717) is 6.04 Å². The Morgan fingerprint density at radius 3 is 2.72 bits per heavy atom. The van der Waals surface area contributed by atoms with Crippen LogP contribution in [0.15, 0.2) is 29.3 Å². The molecule has 5 nitrogen and oxygen atoms in total. The first-order valence-electron chi connectivity index (χ1n) is 9.62. The predicted molar refractivity (Wildman–Crippen MR) is 106 cm³/mol. The fraction of sp³-hybridized carbons (Fsp3) is 0.650. The van der Waals surface area contributed by atoms with Gasteiger partial charge in [0.2, 0.25) is 0 Å². The van der Waals surface area contributed by atoms with Gasteiger partial charge in [-0.2, -0.15) is 0 Å². The minimum Gasteiger partial charge on any atom is -0.378 e. The topological polar surface area (TPSA) is 48.9 Å². The normalized spacial score (nSPS) is 16.6. The Labute approximate surface area is 152 Å². The number of unbranched alkanes of at least 4 members (excludes halogenated alkanes) is 2. The van der Waals surface area contributed by atoms with E-state index in [9.17, 15) is 0 Å². The Hall–Kier alpha value is -1.75. The number of benzene rings is 1. The van der Waals surface area contributed by atoms with Crippen LogP contribution in [0.5, 0.6) is 0 Å². The van der Waals surface area contributed by atoms with Crippen LogP contribution in [0.1, 0.15) is 45.1 Å². The lowest BCUT2D eigenvalue weighted by Crippen LogP contribution is -2.42. The standard InChI is InChI=1S/C20H34N4O/c1-4-5-6-9-17(2)23-20(21-3)22-16-18-10-7-8-11-19(18)24-12-14-25-15-13-24/h7-8,10-11,17H,4-6,9,12-16H2,1-3H3,(H2,21,22,23). The monoisotopic (exact) mass is 346 g/mol. The van der Waals surface area contributed by atoms with Crippen molar-refractivity contribution in [1.29, 1.82) is 0 Å². The number of hydrogen-bond acceptors (Lipinski definition) is 3. The molecular formula is C20H34N4O. The smallest absolute Gasteiger partial charge is 0.191 e. The van der Waals surface area contributed by atoms with Gasteiger partial charge in [0.05, 0.1) is 13.2 Å². The number of anilines is 1. The van der Waals surface area contributed by atoms with Gasteiger partial charge >= 0.3 is 0 Å². The van der Waals surface area contributed by atoms with E-state index in [4.69, 9.17) is 4.74 Å². The zero-order valence-corrected chi connectivity index (χ0v) is 16.1. The number of hydrogen-bond donors (Lipinski definition) is 2. The van der Waals surface area contributed by atoms with E-state index in [0.717, 1.165) is 38.8 Å². The molecule has 1 aromatic carbocycles. The van der Waals surface area contributed by atoms with Crippen LogP contribution in [0.25, 0.3) is 0 Å². The van der Waals surface area contributed by atoms with Crippen LogP contribution < -0.4 is 15.5 Å². The average molecular weight is 347 g/mol. The second kappa shape index (κ2) is 11.0. The van der Waals surface area contributed by atoms with Crippen molar-refractivity contribution in [3.8, 4) is 0 Å². The average Bonchev–Trinajstić information content (AvgIpc) is 2.66. The van der Waals surface area contributed by atoms with Gasteiger partial charge in [-0.25, -0.2) is 0 Å². The van der Waals surface area contributed by atoms with Crippen molar-refractivity contribution in [3.05, 3.63) is 29.8 Å². The number of aliphatic imine (C=N–C) groups is 1. The van der Waals surface area contributed by atoms with Crippen LogP contribution in [-0.2, 0) is 11.3 Å². The largest absolute Gasteiger partial charge is 0.378 e. The first-order valence-corrected chi connectivity index (χ1v) is 9.62. The van der Waals surface area contributed by atoms with Gasteiger partial charge in [0, 0.05) is 38.4 Å². The van der Waals surface area contributed by atoms with Crippen molar-refractivity contribution in [3.63, 3.8) is 0 Å². The molecule has 2 rings (SSSR count). The molecule has 0 aliphatic carbocycles. The lowest BCUT2D eigenvalue weighted by Gasteiger charge is -2.30. The van der Waals surface area contributed by atoms with E-state index in [-0.39, 0.29) is 0 Å². The number of para-hydroxylation sites is 1. The summed E-state index contributed by atoms with van der Waals surface area (Å²) in [6.45, 7) is 8.76. The summed E-state index contributed by atoms with van der Waals surface area (Å²) in [4.78, 5) is 6.78. The van der Waals surface area contributed by atoms with E-state index in [2.05, 4.69) is 58.6 Å². The Balaban J connectivity index is 1.88. The molecule has 1 aliphatic heterocycles. The molecule has 140 valence electrons. The summed E-state index contributed by atoms with van der Waals surface area (Å²) >= 11 is 0. The van der Waals surface area contributed by atoms with Crippen molar-refractivity contribution < 1.29 is 4.74 Å². The van der Waals surface area contributed by atoms with Crippen molar-refractivity contribution in [2.45, 2.75) is 52.1 Å². The van der Waals surface area contributed by atoms with E-state index in [1.165, 1.54) is 36.9 Å². The molecule has 0 bridgehead atoms. The Bertz CT molecular complexity index is 526. The van der Waals surface area contributed by atoms with Gasteiger partial charge in [-0.1, -0.05) is 44.4 Å². The van der Waals surface area contributed by atoms with Gasteiger partial charge in [-0.15, -0.1) is 0 Å². The zero-order chi connectivity index (χ0) is 17.9. The minimum absolute atomic E-state index is 0.437. The van der Waals surface area contributed by atoms with Crippen LogP contribution in [0, 0.1) is 0 Å². The Kier molecular flexibility index (Phi) is 8.60. The molecule has 0 aromatic heterocycles. The Morgan fingerprint density at radius 1 is 1.24 bits per heavy atom. The Morgan fingerprint density at radius 2 is 2.00 bits per heavy atom. The van der Waals surface area contributed by atoms with Gasteiger partial charge in [-0.3, -0.25) is 4.99 Å². The zero-order valence-electron chi connectivity index (χ0n) is 16.1. The lowest BCUT2D eigenvalue weighted by atomic mass is 10.1. The van der Waals surface area contributed by atoms with E-state index < -0.39 is 0 Å². The molecular weight excluding hydrogens is 312 g/mol. The second-order valence-electron chi connectivity index (χ2n) is 6.70. The van der Waals surface area contributed by atoms with Gasteiger partial charge in [0.1, 0.15) is 0 Å². The first kappa shape index (κ1) is 19.6. The molecule has 0 spiro atoms. The second-order valence-corrected chi connectivity index (χ2v) is 6.70. The number of ether oxygens (including phenoxy) is 1. The first-order chi connectivity index (χ1) is 12.2. The van der Waals surface area contributed by atoms with Gasteiger partial charge in [0.25, 0.3) is 0 Å². The molecule has 0 radical (unpaired) electrons. The highest BCUT2D eigenvalue weighted by molar-refractivity contribution is 5.80. The van der Waals surface area contributed by atoms with Gasteiger partial charge in [-0.05, 0) is 25.0 Å². The molecule has 25 heavy (non-hydrogen) atoms. The molecule has 0 saturated carbocycles. The number of morpholine rings is 1. The lowest BCUT2D eigenvalue weighted by molar-refractivity contribution is 0.122. The number of nitrogens with one attached hydrogen (secondary N) is 2. The summed E-state index contributed by atoms with van der Waals surface area (Å²) < 4.78 is 5.47. The van der Waals surface area contributed by atoms with Crippen molar-refractivity contribution >= 4 is 11.6 Å². The van der Waals surface area contributed by atoms with Crippen molar-refractivity contribution in [2.24, 2.45) is 4.99 Å². The molecule has 1 aliphatic rings. The van der Waals surface area contributed by atoms with E-state index in [1.807, 2.05) is 7.05 Å². The number of guanidine groups is 1. The molecule has 2 N–H and O–H groups in total. The minimum atomic E-state index is 0.437. The summed E-state index contributed by atoms with van der Waals surface area (Å²) in [6.07, 6.45) is 5.00. The molecule has 0 amide bonds. The maximum absolute atomic E-state index is 5.47. The quantitative estimate of drug-likeness (QED) is 0.431. The highest BCUT2D eigenvalue weighted by Gasteiger charge is 2.14. The van der Waals surface area contributed by atoms with Crippen LogP contribution in [0.3, 0.4) is 0 Å². The molecule has 1 heterocycles. The van der Waals surface area contributed by atoms with Crippen molar-refractivity contribution in [2.75, 3.05) is 38.3 Å². The highest BCUT2D eigenvalue weighted by Crippen LogP contribution is 2.21. The fourth-order valence-electron chi connectivity index (χ4n) is 3.15. The molecule has 1 unspecified atom stereocenters. The van der Waals surface area contributed by atoms with Crippen LogP contribution in [-0.4, -0.2) is 45.4 Å². The summed E-state index contributed by atoms with van der Waals surface area (Å²) in [5.74, 6) is 0.876. The van der Waals surface area contributed by atoms with E-state index >= 15 is 0 Å². The molecule has 1 atom stereocenters. The maximum Gasteiger partial charge on any atom is 0.191 e. The predicted octanol–water partition coefficient (Wildman–Crippen LogP) is 3.16. The number of rotatable bonds is 8. The number of nitrogens with zero attached hydrogens (tertiary/aromatic N) is 2.